The van der Waals surface area contributed by atoms with Crippen LogP contribution in [0.25, 0.3) is 0 Å². The largest absolute Gasteiger partial charge is 0.379 e. The zero-order valence-electron chi connectivity index (χ0n) is 9.07. The summed E-state index contributed by atoms with van der Waals surface area (Å²) >= 11 is 0. The van der Waals surface area contributed by atoms with Gasteiger partial charge in [0.15, 0.2) is 6.17 Å². The second kappa shape index (κ2) is 6.15. The normalized spacial score (nSPS) is 31.1. The molecule has 1 fully saturated rings. The zero-order valence-corrected chi connectivity index (χ0v) is 9.07. The van der Waals surface area contributed by atoms with Crippen LogP contribution in [0.1, 0.15) is 19.8 Å². The predicted molar refractivity (Wildman–Crippen MR) is 51.3 cm³/mol. The Morgan fingerprint density at radius 1 is 1.53 bits per heavy atom. The van der Waals surface area contributed by atoms with Crippen molar-refractivity contribution < 1.29 is 23.4 Å². The van der Waals surface area contributed by atoms with E-state index >= 15 is 0 Å². The van der Waals surface area contributed by atoms with Gasteiger partial charge in [-0.2, -0.15) is 0 Å². The van der Waals surface area contributed by atoms with E-state index in [4.69, 9.17) is 9.47 Å². The molecule has 4 nitrogen and oxygen atoms in total. The third-order valence-electron chi connectivity index (χ3n) is 2.27. The van der Waals surface area contributed by atoms with E-state index in [1.807, 2.05) is 6.92 Å². The number of hydrogen-bond donors (Lipinski definition) is 0. The molecule has 0 spiro atoms. The van der Waals surface area contributed by atoms with E-state index in [1.165, 1.54) is 7.11 Å². The predicted octanol–water partition coefficient (Wildman–Crippen LogP) is 1.08. The maximum Gasteiger partial charge on any atom is 0.225 e. The second-order valence-corrected chi connectivity index (χ2v) is 3.47. The molecule has 0 aromatic carbocycles. The number of carbonyl (C=O) groups is 1. The highest BCUT2D eigenvalue weighted by molar-refractivity contribution is 5.88. The number of ketones is 1. The van der Waals surface area contributed by atoms with E-state index in [1.54, 1.807) is 0 Å². The number of Topliss-reactive ketones (excluding diaryl/α,β-unsaturated/α-hetero) is 1. The first-order valence-corrected chi connectivity index (χ1v) is 5.14. The van der Waals surface area contributed by atoms with Crippen LogP contribution < -0.4 is 0 Å². The van der Waals surface area contributed by atoms with Gasteiger partial charge in [-0.25, -0.2) is 4.39 Å². The topological polar surface area (TPSA) is 44.8 Å². The van der Waals surface area contributed by atoms with Gasteiger partial charge in [0.1, 0.15) is 6.10 Å². The van der Waals surface area contributed by atoms with Gasteiger partial charge in [-0.05, 0) is 6.42 Å². The van der Waals surface area contributed by atoms with Gasteiger partial charge >= 0.3 is 0 Å². The van der Waals surface area contributed by atoms with E-state index < -0.39 is 24.3 Å². The SMILES string of the molecule is CCCCOC[C@H]1O[C@H](OC)C(=O)[C@@H]1F. The summed E-state index contributed by atoms with van der Waals surface area (Å²) < 4.78 is 28.2. The van der Waals surface area contributed by atoms with E-state index in [0.29, 0.717) is 6.61 Å². The molecule has 0 bridgehead atoms. The minimum atomic E-state index is -1.63. The Morgan fingerprint density at radius 3 is 2.80 bits per heavy atom. The minimum Gasteiger partial charge on any atom is -0.379 e. The van der Waals surface area contributed by atoms with Gasteiger partial charge in [-0.15, -0.1) is 0 Å². The van der Waals surface area contributed by atoms with Crippen molar-refractivity contribution in [2.75, 3.05) is 20.3 Å². The van der Waals surface area contributed by atoms with Gasteiger partial charge in [0, 0.05) is 13.7 Å². The molecule has 15 heavy (non-hydrogen) atoms. The molecule has 0 aromatic rings. The lowest BCUT2D eigenvalue weighted by atomic mass is 10.2. The summed E-state index contributed by atoms with van der Waals surface area (Å²) in [6, 6.07) is 0. The lowest BCUT2D eigenvalue weighted by Crippen LogP contribution is -2.27. The molecular weight excluding hydrogens is 203 g/mol. The Labute approximate surface area is 88.7 Å². The van der Waals surface area contributed by atoms with Crippen LogP contribution in [0.5, 0.6) is 0 Å². The van der Waals surface area contributed by atoms with Crippen molar-refractivity contribution in [3.63, 3.8) is 0 Å². The van der Waals surface area contributed by atoms with Crippen molar-refractivity contribution in [1.82, 2.24) is 0 Å². The highest BCUT2D eigenvalue weighted by atomic mass is 19.1. The number of hydrogen-bond acceptors (Lipinski definition) is 4. The molecule has 1 saturated heterocycles. The first-order valence-electron chi connectivity index (χ1n) is 5.14. The van der Waals surface area contributed by atoms with Crippen molar-refractivity contribution in [3.05, 3.63) is 0 Å². The van der Waals surface area contributed by atoms with Crippen LogP contribution in [0.2, 0.25) is 0 Å². The van der Waals surface area contributed by atoms with Gasteiger partial charge < -0.3 is 14.2 Å². The molecule has 0 N–H and O–H groups in total. The molecule has 0 amide bonds. The molecule has 0 unspecified atom stereocenters. The molecule has 0 radical (unpaired) electrons. The maximum absolute atomic E-state index is 13.3. The van der Waals surface area contributed by atoms with Crippen molar-refractivity contribution in [2.45, 2.75) is 38.3 Å². The number of unbranched alkanes of at least 4 members (excludes halogenated alkanes) is 1. The fraction of sp³-hybridized carbons (Fsp3) is 0.900. The lowest BCUT2D eigenvalue weighted by Gasteiger charge is -2.12. The standard InChI is InChI=1S/C10H17FO4/c1-3-4-5-14-6-7-8(11)9(12)10(13-2)15-7/h7-8,10H,3-6H2,1-2H3/t7-,8-,10+/m1/s1. The van der Waals surface area contributed by atoms with Crippen LogP contribution in [0, 0.1) is 0 Å². The van der Waals surface area contributed by atoms with Crippen LogP contribution >= 0.6 is 0 Å². The van der Waals surface area contributed by atoms with Gasteiger partial charge in [0.25, 0.3) is 0 Å². The van der Waals surface area contributed by atoms with E-state index in [2.05, 4.69) is 4.74 Å². The van der Waals surface area contributed by atoms with Crippen LogP contribution in [-0.4, -0.2) is 44.7 Å². The third-order valence-corrected chi connectivity index (χ3v) is 2.27. The van der Waals surface area contributed by atoms with E-state index in [9.17, 15) is 9.18 Å². The Morgan fingerprint density at radius 2 is 2.27 bits per heavy atom. The van der Waals surface area contributed by atoms with Gasteiger partial charge in [0.05, 0.1) is 6.61 Å². The Balaban J connectivity index is 2.28. The Bertz CT molecular complexity index is 210. The summed E-state index contributed by atoms with van der Waals surface area (Å²) in [5, 5.41) is 0. The molecule has 5 heteroatoms. The fourth-order valence-electron chi connectivity index (χ4n) is 1.35. The van der Waals surface area contributed by atoms with Gasteiger partial charge in [-0.3, -0.25) is 4.79 Å². The summed E-state index contributed by atoms with van der Waals surface area (Å²) in [6.07, 6.45) is -1.58. The highest BCUT2D eigenvalue weighted by Gasteiger charge is 2.44. The summed E-state index contributed by atoms with van der Waals surface area (Å²) in [5.41, 5.74) is 0. The Hall–Kier alpha value is -0.520. The molecule has 1 heterocycles. The maximum atomic E-state index is 13.3. The molecule has 1 rings (SSSR count). The quantitative estimate of drug-likeness (QED) is 0.628. The molecule has 0 saturated carbocycles. The molecule has 0 aliphatic carbocycles. The second-order valence-electron chi connectivity index (χ2n) is 3.47. The lowest BCUT2D eigenvalue weighted by molar-refractivity contribution is -0.154. The molecule has 1 aliphatic heterocycles. The number of methoxy groups -OCH3 is 1. The number of rotatable bonds is 6. The van der Waals surface area contributed by atoms with E-state index in [0.717, 1.165) is 12.8 Å². The molecule has 3 atom stereocenters. The first kappa shape index (κ1) is 12.5. The zero-order chi connectivity index (χ0) is 11.3. The highest BCUT2D eigenvalue weighted by Crippen LogP contribution is 2.20. The van der Waals surface area contributed by atoms with Gasteiger partial charge in [-0.1, -0.05) is 13.3 Å². The summed E-state index contributed by atoms with van der Waals surface area (Å²) in [4.78, 5) is 11.2. The average Bonchev–Trinajstić information content (AvgIpc) is 2.52. The number of halogens is 1. The van der Waals surface area contributed by atoms with Crippen molar-refractivity contribution in [3.8, 4) is 0 Å². The first-order chi connectivity index (χ1) is 7.20. The van der Waals surface area contributed by atoms with Crippen LogP contribution in [0.15, 0.2) is 0 Å². The molecule has 1 aliphatic rings. The molecule has 0 aromatic heterocycles. The minimum absolute atomic E-state index is 0.104. The molecular formula is C10H17FO4. The fourth-order valence-corrected chi connectivity index (χ4v) is 1.35. The third kappa shape index (κ3) is 3.22. The van der Waals surface area contributed by atoms with Crippen molar-refractivity contribution in [1.29, 1.82) is 0 Å². The molecule has 88 valence electrons. The van der Waals surface area contributed by atoms with Crippen LogP contribution in [-0.2, 0) is 19.0 Å². The van der Waals surface area contributed by atoms with Gasteiger partial charge in [0.2, 0.25) is 12.1 Å². The van der Waals surface area contributed by atoms with Crippen LogP contribution in [0.3, 0.4) is 0 Å². The summed E-state index contributed by atoms with van der Waals surface area (Å²) in [5.74, 6) is -0.651. The number of carbonyl (C=O) groups excluding carboxylic acids is 1. The average molecular weight is 220 g/mol. The van der Waals surface area contributed by atoms with Crippen molar-refractivity contribution >= 4 is 5.78 Å². The van der Waals surface area contributed by atoms with Crippen LogP contribution in [0.4, 0.5) is 4.39 Å². The monoisotopic (exact) mass is 220 g/mol. The number of alkyl halides is 1. The smallest absolute Gasteiger partial charge is 0.225 e. The summed E-state index contributed by atoms with van der Waals surface area (Å²) in [7, 11) is 1.32. The van der Waals surface area contributed by atoms with E-state index in [-0.39, 0.29) is 6.61 Å². The summed E-state index contributed by atoms with van der Waals surface area (Å²) in [6.45, 7) is 2.71. The number of ether oxygens (including phenoxy) is 3. The van der Waals surface area contributed by atoms with Crippen molar-refractivity contribution in [2.24, 2.45) is 0 Å². The Kier molecular flexibility index (Phi) is 5.14.